The van der Waals surface area contributed by atoms with E-state index >= 15 is 0 Å². The van der Waals surface area contributed by atoms with Gasteiger partial charge in [0.05, 0.1) is 0 Å². The molecule has 3 N–H and O–H groups in total. The Balaban J connectivity index is 2.14. The molecule has 0 aliphatic carbocycles. The van der Waals surface area contributed by atoms with Gasteiger partial charge in [0.25, 0.3) is 0 Å². The minimum atomic E-state index is -0.296. The highest BCUT2D eigenvalue weighted by molar-refractivity contribution is 7.80. The minimum absolute atomic E-state index is 0.283. The van der Waals surface area contributed by atoms with E-state index in [0.29, 0.717) is 5.11 Å². The Bertz CT molecular complexity index is 530. The lowest BCUT2D eigenvalue weighted by Crippen LogP contribution is -2.51. The summed E-state index contributed by atoms with van der Waals surface area (Å²) in [5.74, 6) is -0.296. The van der Waals surface area contributed by atoms with Crippen LogP contribution in [0.1, 0.15) is 30.4 Å². The van der Waals surface area contributed by atoms with E-state index in [0.717, 1.165) is 37.1 Å². The fraction of sp³-hybridized carbons (Fsp3) is 0.467. The molecule has 1 aliphatic rings. The number of carbonyl (C=O) groups excluding carboxylic acids is 1. The van der Waals surface area contributed by atoms with Gasteiger partial charge in [0.1, 0.15) is 6.04 Å². The van der Waals surface area contributed by atoms with Gasteiger partial charge < -0.3 is 16.0 Å². The number of benzene rings is 1. The molecule has 1 aromatic rings. The van der Waals surface area contributed by atoms with Crippen molar-refractivity contribution in [1.82, 2.24) is 4.90 Å². The highest BCUT2D eigenvalue weighted by atomic mass is 32.1. The topological polar surface area (TPSA) is 58.4 Å². The number of piperidine rings is 1. The zero-order chi connectivity index (χ0) is 14.7. The summed E-state index contributed by atoms with van der Waals surface area (Å²) in [7, 11) is 0. The number of nitrogens with two attached hydrogens (primary N) is 1. The quantitative estimate of drug-likeness (QED) is 0.821. The molecule has 1 aliphatic heterocycles. The fourth-order valence-corrected chi connectivity index (χ4v) is 2.86. The third-order valence-corrected chi connectivity index (χ3v) is 4.06. The summed E-state index contributed by atoms with van der Waals surface area (Å²) in [4.78, 5) is 13.5. The third-order valence-electron chi connectivity index (χ3n) is 3.73. The molecule has 1 aromatic carbocycles. The molecule has 1 heterocycles. The molecule has 0 radical (unpaired) electrons. The summed E-state index contributed by atoms with van der Waals surface area (Å²) in [6.45, 7) is 4.86. The lowest BCUT2D eigenvalue weighted by molar-refractivity contribution is -0.122. The predicted octanol–water partition coefficient (Wildman–Crippen LogP) is 2.34. The molecule has 1 fully saturated rings. The number of amides is 1. The Morgan fingerprint density at radius 1 is 1.40 bits per heavy atom. The molecule has 0 spiro atoms. The summed E-state index contributed by atoms with van der Waals surface area (Å²) in [6.07, 6.45) is 2.85. The highest BCUT2D eigenvalue weighted by Gasteiger charge is 2.28. The molecule has 5 heteroatoms. The zero-order valence-electron chi connectivity index (χ0n) is 12.0. The average molecular weight is 291 g/mol. The largest absolute Gasteiger partial charge is 0.368 e. The van der Waals surface area contributed by atoms with Gasteiger partial charge in [0.2, 0.25) is 5.91 Å². The summed E-state index contributed by atoms with van der Waals surface area (Å²) < 4.78 is 0. The number of nitrogens with zero attached hydrogens (tertiary/aromatic N) is 1. The van der Waals surface area contributed by atoms with Gasteiger partial charge in [0, 0.05) is 12.2 Å². The maximum atomic E-state index is 11.5. The monoisotopic (exact) mass is 291 g/mol. The number of aryl methyl sites for hydroxylation is 2. The van der Waals surface area contributed by atoms with E-state index < -0.39 is 0 Å². The van der Waals surface area contributed by atoms with Crippen LogP contribution in [0.2, 0.25) is 0 Å². The van der Waals surface area contributed by atoms with Crippen LogP contribution in [0.15, 0.2) is 18.2 Å². The van der Waals surface area contributed by atoms with Crippen LogP contribution in [0.5, 0.6) is 0 Å². The van der Waals surface area contributed by atoms with Crippen LogP contribution < -0.4 is 11.1 Å². The molecule has 0 bridgehead atoms. The number of carbonyl (C=O) groups is 1. The van der Waals surface area contributed by atoms with Gasteiger partial charge >= 0.3 is 0 Å². The molecule has 0 unspecified atom stereocenters. The number of primary amides is 1. The standard InChI is InChI=1S/C15H21N3OS/c1-10-6-7-11(2)12(9-10)17-15(20)18-8-4-3-5-13(18)14(16)19/h6-7,9,13H,3-5,8H2,1-2H3,(H2,16,19)(H,17,20)/t13-/m0/s1. The van der Waals surface area contributed by atoms with Gasteiger partial charge in [-0.05, 0) is 62.5 Å². The minimum Gasteiger partial charge on any atom is -0.368 e. The molecule has 0 saturated carbocycles. The van der Waals surface area contributed by atoms with Crippen molar-refractivity contribution in [3.63, 3.8) is 0 Å². The van der Waals surface area contributed by atoms with Gasteiger partial charge in [-0.2, -0.15) is 0 Å². The first-order valence-corrected chi connectivity index (χ1v) is 7.34. The Kier molecular flexibility index (Phi) is 4.60. The number of likely N-dealkylation sites (tertiary alicyclic amines) is 1. The van der Waals surface area contributed by atoms with E-state index in [1.54, 1.807) is 0 Å². The van der Waals surface area contributed by atoms with E-state index in [4.69, 9.17) is 18.0 Å². The Morgan fingerprint density at radius 3 is 2.85 bits per heavy atom. The first kappa shape index (κ1) is 14.8. The molecule has 1 amide bonds. The molecular formula is C15H21N3OS. The van der Waals surface area contributed by atoms with E-state index in [2.05, 4.69) is 23.5 Å². The average Bonchev–Trinajstić information content (AvgIpc) is 2.42. The van der Waals surface area contributed by atoms with Crippen molar-refractivity contribution in [3.8, 4) is 0 Å². The smallest absolute Gasteiger partial charge is 0.240 e. The second kappa shape index (κ2) is 6.22. The van der Waals surface area contributed by atoms with Crippen molar-refractivity contribution in [3.05, 3.63) is 29.3 Å². The van der Waals surface area contributed by atoms with Gasteiger partial charge in [-0.3, -0.25) is 4.79 Å². The number of rotatable bonds is 2. The van der Waals surface area contributed by atoms with Gasteiger partial charge in [-0.1, -0.05) is 12.1 Å². The molecule has 4 nitrogen and oxygen atoms in total. The molecule has 1 atom stereocenters. The van der Waals surface area contributed by atoms with E-state index in [9.17, 15) is 4.79 Å². The Labute approximate surface area is 125 Å². The Hall–Kier alpha value is -1.62. The zero-order valence-corrected chi connectivity index (χ0v) is 12.8. The van der Waals surface area contributed by atoms with Crippen molar-refractivity contribution in [1.29, 1.82) is 0 Å². The fourth-order valence-electron chi connectivity index (χ4n) is 2.53. The van der Waals surface area contributed by atoms with Crippen molar-refractivity contribution in [2.75, 3.05) is 11.9 Å². The molecule has 108 valence electrons. The third kappa shape index (κ3) is 3.28. The van der Waals surface area contributed by atoms with Crippen LogP contribution in [0, 0.1) is 13.8 Å². The lowest BCUT2D eigenvalue weighted by atomic mass is 10.0. The number of hydrogen-bond acceptors (Lipinski definition) is 2. The van der Waals surface area contributed by atoms with E-state index in [1.807, 2.05) is 18.7 Å². The molecule has 1 saturated heterocycles. The number of anilines is 1. The maximum Gasteiger partial charge on any atom is 0.240 e. The lowest BCUT2D eigenvalue weighted by Gasteiger charge is -2.35. The van der Waals surface area contributed by atoms with Gasteiger partial charge in [-0.15, -0.1) is 0 Å². The first-order chi connectivity index (χ1) is 9.49. The summed E-state index contributed by atoms with van der Waals surface area (Å²) in [5.41, 5.74) is 8.77. The second-order valence-electron chi connectivity index (χ2n) is 5.36. The highest BCUT2D eigenvalue weighted by Crippen LogP contribution is 2.21. The number of hydrogen-bond donors (Lipinski definition) is 2. The number of thiocarbonyl (C=S) groups is 1. The Morgan fingerprint density at radius 2 is 2.15 bits per heavy atom. The van der Waals surface area contributed by atoms with Crippen molar-refractivity contribution < 1.29 is 4.79 Å². The number of nitrogens with one attached hydrogen (secondary N) is 1. The molecule has 20 heavy (non-hydrogen) atoms. The molecular weight excluding hydrogens is 270 g/mol. The van der Waals surface area contributed by atoms with Crippen molar-refractivity contribution in [2.24, 2.45) is 5.73 Å². The summed E-state index contributed by atoms with van der Waals surface area (Å²) in [6, 6.07) is 5.90. The van der Waals surface area contributed by atoms with Crippen molar-refractivity contribution in [2.45, 2.75) is 39.2 Å². The van der Waals surface area contributed by atoms with Crippen molar-refractivity contribution >= 4 is 28.9 Å². The maximum absolute atomic E-state index is 11.5. The van der Waals surface area contributed by atoms with Gasteiger partial charge in [0.15, 0.2) is 5.11 Å². The van der Waals surface area contributed by atoms with E-state index in [1.165, 1.54) is 5.56 Å². The SMILES string of the molecule is Cc1ccc(C)c(NC(=S)N2CCCC[C@H]2C(N)=O)c1. The van der Waals surface area contributed by atoms with Gasteiger partial charge in [-0.25, -0.2) is 0 Å². The summed E-state index contributed by atoms with van der Waals surface area (Å²) >= 11 is 5.46. The second-order valence-corrected chi connectivity index (χ2v) is 5.74. The van der Waals surface area contributed by atoms with Crippen LogP contribution in [0.25, 0.3) is 0 Å². The molecule has 0 aromatic heterocycles. The molecule has 2 rings (SSSR count). The van der Waals surface area contributed by atoms with Crippen LogP contribution in [0.3, 0.4) is 0 Å². The van der Waals surface area contributed by atoms with E-state index in [-0.39, 0.29) is 11.9 Å². The van der Waals surface area contributed by atoms with Crippen LogP contribution in [-0.4, -0.2) is 28.5 Å². The predicted molar refractivity (Wildman–Crippen MR) is 85.7 cm³/mol. The van der Waals surface area contributed by atoms with Crippen LogP contribution in [0.4, 0.5) is 5.69 Å². The first-order valence-electron chi connectivity index (χ1n) is 6.93. The normalized spacial score (nSPS) is 18.7. The van der Waals surface area contributed by atoms with Crippen LogP contribution >= 0.6 is 12.2 Å². The van der Waals surface area contributed by atoms with Crippen LogP contribution in [-0.2, 0) is 4.79 Å². The summed E-state index contributed by atoms with van der Waals surface area (Å²) in [5, 5.41) is 3.84.